The van der Waals surface area contributed by atoms with Crippen molar-refractivity contribution in [3.63, 3.8) is 0 Å². The maximum absolute atomic E-state index is 12.2. The molecule has 1 unspecified atom stereocenters. The minimum atomic E-state index is -3.56. The molecule has 0 heterocycles. The molecule has 1 rings (SSSR count). The topological polar surface area (TPSA) is 69.6 Å². The van der Waals surface area contributed by atoms with Crippen molar-refractivity contribution >= 4 is 10.0 Å². The summed E-state index contributed by atoms with van der Waals surface area (Å²) >= 11 is 0. The lowest BCUT2D eigenvalue weighted by molar-refractivity contribution is -0.158. The van der Waals surface area contributed by atoms with Crippen molar-refractivity contribution in [2.45, 2.75) is 51.1 Å². The molecule has 114 valence electrons. The molecule has 0 aromatic heterocycles. The first-order chi connectivity index (χ1) is 9.02. The zero-order valence-corrected chi connectivity index (χ0v) is 13.5. The molecule has 0 bridgehead atoms. The summed E-state index contributed by atoms with van der Waals surface area (Å²) < 4.78 is 26.9. The standard InChI is InChI=1S/C14H24N2O3S/c1-11-6-8-13(9-7-11)20(18,19)15-12(2)10-16(17)14(3,4)5/h6-9,12,15,17H,10H2,1-5H3. The number of benzene rings is 1. The normalized spacial score (nSPS) is 14.6. The largest absolute Gasteiger partial charge is 0.313 e. The van der Waals surface area contributed by atoms with Gasteiger partial charge in [-0.05, 0) is 46.8 Å². The van der Waals surface area contributed by atoms with E-state index in [0.717, 1.165) is 10.6 Å². The summed E-state index contributed by atoms with van der Waals surface area (Å²) in [4.78, 5) is 0.232. The fourth-order valence-electron chi connectivity index (χ4n) is 1.62. The van der Waals surface area contributed by atoms with Crippen LogP contribution in [0.5, 0.6) is 0 Å². The van der Waals surface area contributed by atoms with Crippen LogP contribution in [0.4, 0.5) is 0 Å². The van der Waals surface area contributed by atoms with Gasteiger partial charge in [0.2, 0.25) is 10.0 Å². The molecule has 5 nitrogen and oxygen atoms in total. The van der Waals surface area contributed by atoms with Gasteiger partial charge in [-0.3, -0.25) is 0 Å². The molecule has 1 atom stereocenters. The average Bonchev–Trinajstić information content (AvgIpc) is 2.27. The van der Waals surface area contributed by atoms with E-state index in [1.165, 1.54) is 0 Å². The molecule has 1 aromatic rings. The van der Waals surface area contributed by atoms with Crippen LogP contribution in [0.3, 0.4) is 0 Å². The van der Waals surface area contributed by atoms with Crippen LogP contribution in [0.1, 0.15) is 33.3 Å². The Labute approximate surface area is 121 Å². The van der Waals surface area contributed by atoms with E-state index in [1.807, 2.05) is 27.7 Å². The predicted molar refractivity (Wildman–Crippen MR) is 79.2 cm³/mol. The van der Waals surface area contributed by atoms with Gasteiger partial charge >= 0.3 is 0 Å². The molecule has 0 aliphatic carbocycles. The minimum absolute atomic E-state index is 0.217. The van der Waals surface area contributed by atoms with Gasteiger partial charge in [-0.15, -0.1) is 0 Å². The van der Waals surface area contributed by atoms with Gasteiger partial charge in [0, 0.05) is 18.1 Å². The van der Waals surface area contributed by atoms with Crippen molar-refractivity contribution in [1.82, 2.24) is 9.79 Å². The summed E-state index contributed by atoms with van der Waals surface area (Å²) in [5, 5.41) is 11.0. The molecule has 0 aliphatic heterocycles. The Morgan fingerprint density at radius 3 is 2.20 bits per heavy atom. The summed E-state index contributed by atoms with van der Waals surface area (Å²) in [5.74, 6) is 0. The van der Waals surface area contributed by atoms with Gasteiger partial charge in [-0.2, -0.15) is 5.06 Å². The van der Waals surface area contributed by atoms with E-state index in [9.17, 15) is 13.6 Å². The monoisotopic (exact) mass is 300 g/mol. The van der Waals surface area contributed by atoms with E-state index in [4.69, 9.17) is 0 Å². The highest BCUT2D eigenvalue weighted by Gasteiger charge is 2.24. The van der Waals surface area contributed by atoms with Gasteiger partial charge in [-0.1, -0.05) is 17.7 Å². The number of hydroxylamine groups is 2. The Balaban J connectivity index is 2.74. The van der Waals surface area contributed by atoms with E-state index in [0.29, 0.717) is 0 Å². The summed E-state index contributed by atoms with van der Waals surface area (Å²) in [6.07, 6.45) is 0. The fraction of sp³-hybridized carbons (Fsp3) is 0.571. The van der Waals surface area contributed by atoms with Crippen LogP contribution in [0, 0.1) is 6.92 Å². The van der Waals surface area contributed by atoms with Gasteiger partial charge in [-0.25, -0.2) is 13.1 Å². The summed E-state index contributed by atoms with van der Waals surface area (Å²) in [6.45, 7) is 9.41. The third-order valence-electron chi connectivity index (χ3n) is 2.91. The van der Waals surface area contributed by atoms with Crippen molar-refractivity contribution in [3.05, 3.63) is 29.8 Å². The third kappa shape index (κ3) is 4.86. The molecular formula is C14H24N2O3S. The summed E-state index contributed by atoms with van der Waals surface area (Å²) in [6, 6.07) is 6.26. The summed E-state index contributed by atoms with van der Waals surface area (Å²) in [5.41, 5.74) is 0.579. The lowest BCUT2D eigenvalue weighted by atomic mass is 10.1. The molecule has 0 spiro atoms. The van der Waals surface area contributed by atoms with Crippen molar-refractivity contribution in [2.75, 3.05) is 6.54 Å². The number of hydrogen-bond acceptors (Lipinski definition) is 4. The zero-order valence-electron chi connectivity index (χ0n) is 12.7. The first-order valence-corrected chi connectivity index (χ1v) is 8.06. The van der Waals surface area contributed by atoms with Gasteiger partial charge in [0.1, 0.15) is 0 Å². The minimum Gasteiger partial charge on any atom is -0.313 e. The number of nitrogens with one attached hydrogen (secondary N) is 1. The first-order valence-electron chi connectivity index (χ1n) is 6.58. The second-order valence-electron chi connectivity index (χ2n) is 6.09. The number of hydrogen-bond donors (Lipinski definition) is 2. The Kier molecular flexibility index (Phi) is 5.32. The Morgan fingerprint density at radius 1 is 1.25 bits per heavy atom. The van der Waals surface area contributed by atoms with Crippen molar-refractivity contribution < 1.29 is 13.6 Å². The van der Waals surface area contributed by atoms with Crippen molar-refractivity contribution in [2.24, 2.45) is 0 Å². The second kappa shape index (κ2) is 6.22. The average molecular weight is 300 g/mol. The molecular weight excluding hydrogens is 276 g/mol. The molecule has 0 aliphatic rings. The van der Waals surface area contributed by atoms with Crippen LogP contribution in [0.2, 0.25) is 0 Å². The molecule has 0 fully saturated rings. The molecule has 0 saturated heterocycles. The number of rotatable bonds is 5. The molecule has 0 saturated carbocycles. The van der Waals surface area contributed by atoms with E-state index in [-0.39, 0.29) is 11.4 Å². The molecule has 2 N–H and O–H groups in total. The highest BCUT2D eigenvalue weighted by Crippen LogP contribution is 2.13. The molecule has 6 heteroatoms. The Morgan fingerprint density at radius 2 is 1.75 bits per heavy atom. The SMILES string of the molecule is Cc1ccc(S(=O)(=O)NC(C)CN(O)C(C)(C)C)cc1. The van der Waals surface area contributed by atoms with E-state index in [1.54, 1.807) is 31.2 Å². The lowest BCUT2D eigenvalue weighted by Crippen LogP contribution is -2.47. The maximum Gasteiger partial charge on any atom is 0.240 e. The molecule has 0 amide bonds. The van der Waals surface area contributed by atoms with Gasteiger partial charge < -0.3 is 5.21 Å². The molecule has 0 radical (unpaired) electrons. The number of aryl methyl sites for hydroxylation is 1. The Bertz CT molecular complexity index is 533. The van der Waals surface area contributed by atoms with E-state index >= 15 is 0 Å². The van der Waals surface area contributed by atoms with Crippen LogP contribution >= 0.6 is 0 Å². The van der Waals surface area contributed by atoms with Crippen molar-refractivity contribution in [1.29, 1.82) is 0 Å². The predicted octanol–water partition coefficient (Wildman–Crippen LogP) is 2.15. The smallest absolute Gasteiger partial charge is 0.240 e. The highest BCUT2D eigenvalue weighted by molar-refractivity contribution is 7.89. The molecule has 1 aromatic carbocycles. The number of sulfonamides is 1. The van der Waals surface area contributed by atoms with Crippen molar-refractivity contribution in [3.8, 4) is 0 Å². The van der Waals surface area contributed by atoms with Crippen LogP contribution in [0.15, 0.2) is 29.2 Å². The maximum atomic E-state index is 12.2. The second-order valence-corrected chi connectivity index (χ2v) is 7.80. The first kappa shape index (κ1) is 17.1. The van der Waals surface area contributed by atoms with Crippen LogP contribution in [-0.2, 0) is 10.0 Å². The summed E-state index contributed by atoms with van der Waals surface area (Å²) in [7, 11) is -3.56. The lowest BCUT2D eigenvalue weighted by Gasteiger charge is -2.31. The van der Waals surface area contributed by atoms with Crippen LogP contribution in [-0.4, -0.2) is 36.8 Å². The fourth-order valence-corrected chi connectivity index (χ4v) is 2.86. The van der Waals surface area contributed by atoms with Gasteiger partial charge in [0.25, 0.3) is 0 Å². The highest BCUT2D eigenvalue weighted by atomic mass is 32.2. The van der Waals surface area contributed by atoms with E-state index in [2.05, 4.69) is 4.72 Å². The third-order valence-corrected chi connectivity index (χ3v) is 4.51. The van der Waals surface area contributed by atoms with E-state index < -0.39 is 21.6 Å². The number of nitrogens with zero attached hydrogens (tertiary/aromatic N) is 1. The quantitative estimate of drug-likeness (QED) is 0.818. The Hall–Kier alpha value is -0.950. The molecule has 20 heavy (non-hydrogen) atoms. The zero-order chi connectivity index (χ0) is 15.6. The van der Waals surface area contributed by atoms with Gasteiger partial charge in [0.05, 0.1) is 4.90 Å². The van der Waals surface area contributed by atoms with Crippen LogP contribution in [0.25, 0.3) is 0 Å². The van der Waals surface area contributed by atoms with Crippen LogP contribution < -0.4 is 4.72 Å². The van der Waals surface area contributed by atoms with Gasteiger partial charge in [0.15, 0.2) is 0 Å².